The third-order valence-electron chi connectivity index (χ3n) is 4.88. The lowest BCUT2D eigenvalue weighted by molar-refractivity contribution is -0.122. The maximum atomic E-state index is 12.1. The molecule has 1 aromatic carbocycles. The lowest BCUT2D eigenvalue weighted by Gasteiger charge is -2.27. The Hall–Kier alpha value is -1.11. The number of carbonyl (C=O) groups excluding carboxylic acids is 1. The summed E-state index contributed by atoms with van der Waals surface area (Å²) < 4.78 is 24.2. The number of sulfone groups is 1. The Kier molecular flexibility index (Phi) is 10.2. The second-order valence-corrected chi connectivity index (χ2v) is 9.23. The molecule has 1 aliphatic heterocycles. The van der Waals surface area contributed by atoms with Crippen molar-refractivity contribution in [3.05, 3.63) is 35.9 Å². The zero-order chi connectivity index (χ0) is 18.1. The summed E-state index contributed by atoms with van der Waals surface area (Å²) in [5.74, 6) is 1.19. The Bertz CT molecular complexity index is 631. The molecule has 0 aromatic heterocycles. The van der Waals surface area contributed by atoms with Gasteiger partial charge in [0.1, 0.15) is 0 Å². The summed E-state index contributed by atoms with van der Waals surface area (Å²) in [7, 11) is -3.13. The summed E-state index contributed by atoms with van der Waals surface area (Å²) in [6.45, 7) is 4.64. The van der Waals surface area contributed by atoms with Crippen molar-refractivity contribution in [3.8, 4) is 0 Å². The van der Waals surface area contributed by atoms with Gasteiger partial charge in [-0.3, -0.25) is 4.79 Å². The van der Waals surface area contributed by atoms with E-state index in [0.717, 1.165) is 31.5 Å². The lowest BCUT2D eigenvalue weighted by atomic mass is 9.84. The highest BCUT2D eigenvalue weighted by Gasteiger charge is 2.21. The molecule has 1 unspecified atom stereocenters. The highest BCUT2D eigenvalue weighted by atomic mass is 35.5. The standard InChI is InChI=1S/C19H30N2O3S.ClH/c1-16(18-8-11-20-12-9-18)14-19(22)21-10-5-13-25(23,24)15-17-6-3-2-4-7-17;/h2-4,6-7,16,18,20H,5,8-15H2,1H3,(H,21,22);1H. The summed E-state index contributed by atoms with van der Waals surface area (Å²) in [6, 6.07) is 9.20. The Balaban J connectivity index is 0.00000338. The Morgan fingerprint density at radius 3 is 2.54 bits per heavy atom. The molecule has 5 nitrogen and oxygen atoms in total. The quantitative estimate of drug-likeness (QED) is 0.622. The molecule has 0 radical (unpaired) electrons. The highest BCUT2D eigenvalue weighted by molar-refractivity contribution is 7.90. The van der Waals surface area contributed by atoms with Crippen LogP contribution < -0.4 is 10.6 Å². The van der Waals surface area contributed by atoms with Gasteiger partial charge in [0.25, 0.3) is 0 Å². The molecule has 2 N–H and O–H groups in total. The summed E-state index contributed by atoms with van der Waals surface area (Å²) in [5.41, 5.74) is 0.808. The van der Waals surface area contributed by atoms with Crippen LogP contribution in [0, 0.1) is 11.8 Å². The highest BCUT2D eigenvalue weighted by Crippen LogP contribution is 2.24. The largest absolute Gasteiger partial charge is 0.356 e. The molecular weight excluding hydrogens is 372 g/mol. The molecule has 1 heterocycles. The number of nitrogens with one attached hydrogen (secondary N) is 2. The van der Waals surface area contributed by atoms with Crippen LogP contribution in [0.4, 0.5) is 0 Å². The van der Waals surface area contributed by atoms with Crippen LogP contribution >= 0.6 is 12.4 Å². The Labute approximate surface area is 163 Å². The van der Waals surface area contributed by atoms with E-state index in [1.165, 1.54) is 0 Å². The Morgan fingerprint density at radius 2 is 1.88 bits per heavy atom. The molecule has 7 heteroatoms. The summed E-state index contributed by atoms with van der Waals surface area (Å²) >= 11 is 0. The minimum atomic E-state index is -3.13. The van der Waals surface area contributed by atoms with Gasteiger partial charge in [-0.1, -0.05) is 37.3 Å². The molecule has 0 saturated carbocycles. The van der Waals surface area contributed by atoms with Crippen molar-refractivity contribution in [2.75, 3.05) is 25.4 Å². The van der Waals surface area contributed by atoms with Crippen LogP contribution in [0.5, 0.6) is 0 Å². The van der Waals surface area contributed by atoms with E-state index in [-0.39, 0.29) is 29.8 Å². The fraction of sp³-hybridized carbons (Fsp3) is 0.632. The van der Waals surface area contributed by atoms with Crippen LogP contribution in [0.1, 0.15) is 38.2 Å². The van der Waals surface area contributed by atoms with Gasteiger partial charge in [0.05, 0.1) is 11.5 Å². The number of piperidine rings is 1. The molecule has 1 fully saturated rings. The van der Waals surface area contributed by atoms with Crippen molar-refractivity contribution in [3.63, 3.8) is 0 Å². The van der Waals surface area contributed by atoms with Gasteiger partial charge in [-0.25, -0.2) is 8.42 Å². The average Bonchev–Trinajstić information content (AvgIpc) is 2.60. The molecule has 0 bridgehead atoms. The number of carbonyl (C=O) groups is 1. The van der Waals surface area contributed by atoms with E-state index in [4.69, 9.17) is 0 Å². The second kappa shape index (κ2) is 11.6. The first-order chi connectivity index (χ1) is 12.0. The monoisotopic (exact) mass is 402 g/mol. The van der Waals surface area contributed by atoms with Crippen molar-refractivity contribution in [2.24, 2.45) is 11.8 Å². The summed E-state index contributed by atoms with van der Waals surface area (Å²) in [5, 5.41) is 6.21. The average molecular weight is 403 g/mol. The van der Waals surface area contributed by atoms with Crippen LogP contribution in [0.2, 0.25) is 0 Å². The number of hydrogen-bond acceptors (Lipinski definition) is 4. The predicted octanol–water partition coefficient (Wildman–Crippen LogP) is 2.56. The molecule has 1 amide bonds. The minimum Gasteiger partial charge on any atom is -0.356 e. The van der Waals surface area contributed by atoms with Crippen molar-refractivity contribution in [1.29, 1.82) is 0 Å². The zero-order valence-corrected chi connectivity index (χ0v) is 17.1. The van der Waals surface area contributed by atoms with Crippen molar-refractivity contribution >= 4 is 28.2 Å². The molecule has 1 saturated heterocycles. The van der Waals surface area contributed by atoms with Gasteiger partial charge >= 0.3 is 0 Å². The maximum absolute atomic E-state index is 12.1. The van der Waals surface area contributed by atoms with Crippen LogP contribution in [-0.2, 0) is 20.4 Å². The first-order valence-corrected chi connectivity index (χ1v) is 11.0. The zero-order valence-electron chi connectivity index (χ0n) is 15.4. The number of hydrogen-bond donors (Lipinski definition) is 2. The molecule has 0 spiro atoms. The third kappa shape index (κ3) is 8.52. The molecule has 0 aliphatic carbocycles. The smallest absolute Gasteiger partial charge is 0.220 e. The molecule has 1 aliphatic rings. The van der Waals surface area contributed by atoms with E-state index in [1.54, 1.807) is 0 Å². The number of halogens is 1. The second-order valence-electron chi connectivity index (χ2n) is 7.05. The molecule has 2 rings (SSSR count). The molecular formula is C19H31ClN2O3S. The number of benzene rings is 1. The topological polar surface area (TPSA) is 75.3 Å². The van der Waals surface area contributed by atoms with Crippen molar-refractivity contribution < 1.29 is 13.2 Å². The fourth-order valence-corrected chi connectivity index (χ4v) is 4.79. The summed E-state index contributed by atoms with van der Waals surface area (Å²) in [4.78, 5) is 12.0. The number of rotatable bonds is 9. The van der Waals surface area contributed by atoms with Gasteiger partial charge in [0, 0.05) is 13.0 Å². The van der Waals surface area contributed by atoms with Crippen molar-refractivity contribution in [1.82, 2.24) is 10.6 Å². The van der Waals surface area contributed by atoms with E-state index in [0.29, 0.717) is 31.2 Å². The van der Waals surface area contributed by atoms with E-state index >= 15 is 0 Å². The molecule has 1 atom stereocenters. The van der Waals surface area contributed by atoms with Crippen LogP contribution in [-0.4, -0.2) is 39.7 Å². The first kappa shape index (κ1) is 22.9. The molecule has 26 heavy (non-hydrogen) atoms. The fourth-order valence-electron chi connectivity index (χ4n) is 3.36. The third-order valence-corrected chi connectivity index (χ3v) is 6.56. The number of amides is 1. The van der Waals surface area contributed by atoms with E-state index in [9.17, 15) is 13.2 Å². The van der Waals surface area contributed by atoms with E-state index in [1.807, 2.05) is 30.3 Å². The van der Waals surface area contributed by atoms with Crippen LogP contribution in [0.25, 0.3) is 0 Å². The minimum absolute atomic E-state index is 0. The predicted molar refractivity (Wildman–Crippen MR) is 108 cm³/mol. The first-order valence-electron chi connectivity index (χ1n) is 9.18. The van der Waals surface area contributed by atoms with Crippen LogP contribution in [0.15, 0.2) is 30.3 Å². The maximum Gasteiger partial charge on any atom is 0.220 e. The Morgan fingerprint density at radius 1 is 1.23 bits per heavy atom. The SMILES string of the molecule is CC(CC(=O)NCCCS(=O)(=O)Cc1ccccc1)C1CCNCC1.Cl. The van der Waals surface area contributed by atoms with E-state index < -0.39 is 9.84 Å². The molecule has 148 valence electrons. The van der Waals surface area contributed by atoms with Gasteiger partial charge in [-0.2, -0.15) is 0 Å². The van der Waals surface area contributed by atoms with Gasteiger partial charge in [-0.15, -0.1) is 12.4 Å². The van der Waals surface area contributed by atoms with E-state index in [2.05, 4.69) is 17.6 Å². The van der Waals surface area contributed by atoms with Gasteiger partial charge < -0.3 is 10.6 Å². The molecule has 1 aromatic rings. The van der Waals surface area contributed by atoms with Gasteiger partial charge in [0.15, 0.2) is 9.84 Å². The normalized spacial score (nSPS) is 16.5. The van der Waals surface area contributed by atoms with Crippen molar-refractivity contribution in [2.45, 2.75) is 38.4 Å². The van der Waals surface area contributed by atoms with Crippen LogP contribution in [0.3, 0.4) is 0 Å². The summed E-state index contributed by atoms with van der Waals surface area (Å²) in [6.07, 6.45) is 3.25. The lowest BCUT2D eigenvalue weighted by Crippen LogP contribution is -2.34. The van der Waals surface area contributed by atoms with Gasteiger partial charge in [-0.05, 0) is 49.8 Å². The van der Waals surface area contributed by atoms with Gasteiger partial charge in [0.2, 0.25) is 5.91 Å².